The predicted octanol–water partition coefficient (Wildman–Crippen LogP) is 3.76. The van der Waals surface area contributed by atoms with Crippen LogP contribution in [0.15, 0.2) is 35.7 Å². The van der Waals surface area contributed by atoms with E-state index in [0.29, 0.717) is 17.2 Å². The zero-order valence-corrected chi connectivity index (χ0v) is 13.1. The molecular formula is C16H16ClNO2S. The minimum absolute atomic E-state index is 0.237. The lowest BCUT2D eigenvalue weighted by atomic mass is 10.1. The van der Waals surface area contributed by atoms with Gasteiger partial charge in [-0.25, -0.2) is 0 Å². The molecule has 1 aliphatic rings. The molecule has 1 aromatic heterocycles. The number of hydrogen-bond acceptors (Lipinski definition) is 4. The maximum absolute atomic E-state index is 11.9. The van der Waals surface area contributed by atoms with Crippen LogP contribution in [-0.4, -0.2) is 24.0 Å². The van der Waals surface area contributed by atoms with Crippen molar-refractivity contribution in [2.24, 2.45) is 0 Å². The van der Waals surface area contributed by atoms with E-state index < -0.39 is 0 Å². The highest BCUT2D eigenvalue weighted by molar-refractivity contribution is 7.10. The summed E-state index contributed by atoms with van der Waals surface area (Å²) in [5.74, 6) is 0.196. The summed E-state index contributed by atoms with van der Waals surface area (Å²) in [5, 5.41) is 2.60. The Bertz CT molecular complexity index is 641. The van der Waals surface area contributed by atoms with Crippen LogP contribution in [-0.2, 0) is 17.8 Å². The highest BCUT2D eigenvalue weighted by atomic mass is 35.5. The van der Waals surface area contributed by atoms with Crippen LogP contribution >= 0.6 is 22.9 Å². The predicted molar refractivity (Wildman–Crippen MR) is 85.0 cm³/mol. The van der Waals surface area contributed by atoms with Gasteiger partial charge < -0.3 is 4.74 Å². The molecule has 0 aliphatic carbocycles. The van der Waals surface area contributed by atoms with Crippen LogP contribution < -0.4 is 4.74 Å². The number of thiophene rings is 1. The molecule has 0 saturated heterocycles. The van der Waals surface area contributed by atoms with E-state index in [1.54, 1.807) is 18.2 Å². The van der Waals surface area contributed by atoms with Crippen molar-refractivity contribution < 1.29 is 9.53 Å². The minimum Gasteiger partial charge on any atom is -0.425 e. The average Bonchev–Trinajstić information content (AvgIpc) is 2.95. The van der Waals surface area contributed by atoms with Gasteiger partial charge >= 0.3 is 5.97 Å². The molecule has 2 aromatic rings. The van der Waals surface area contributed by atoms with E-state index >= 15 is 0 Å². The van der Waals surface area contributed by atoms with Crippen LogP contribution in [0.1, 0.15) is 16.9 Å². The van der Waals surface area contributed by atoms with Gasteiger partial charge in [0.25, 0.3) is 0 Å². The van der Waals surface area contributed by atoms with Gasteiger partial charge in [-0.2, -0.15) is 0 Å². The van der Waals surface area contributed by atoms with E-state index in [0.717, 1.165) is 26.1 Å². The van der Waals surface area contributed by atoms with Crippen molar-refractivity contribution in [1.29, 1.82) is 0 Å². The quantitative estimate of drug-likeness (QED) is 0.634. The van der Waals surface area contributed by atoms with Crippen molar-refractivity contribution >= 4 is 28.9 Å². The Labute approximate surface area is 133 Å². The smallest absolute Gasteiger partial charge is 0.312 e. The van der Waals surface area contributed by atoms with Crippen LogP contribution in [0.4, 0.5) is 0 Å². The molecule has 0 spiro atoms. The first kappa shape index (κ1) is 14.6. The van der Waals surface area contributed by atoms with Gasteiger partial charge in [0.05, 0.1) is 11.4 Å². The SMILES string of the molecule is O=C(CCN1CCc2sccc2C1)Oc1ccccc1Cl. The molecule has 21 heavy (non-hydrogen) atoms. The second kappa shape index (κ2) is 6.60. The summed E-state index contributed by atoms with van der Waals surface area (Å²) in [6.07, 6.45) is 1.46. The summed E-state index contributed by atoms with van der Waals surface area (Å²) in [5.41, 5.74) is 1.39. The molecule has 0 amide bonds. The number of hydrogen-bond donors (Lipinski definition) is 0. The first-order valence-electron chi connectivity index (χ1n) is 6.95. The standard InChI is InChI=1S/C16H16ClNO2S/c17-13-3-1-2-4-14(13)20-16(19)6-9-18-8-5-15-12(11-18)7-10-21-15/h1-4,7,10H,5-6,8-9,11H2. The topological polar surface area (TPSA) is 29.5 Å². The van der Waals surface area contributed by atoms with Crippen molar-refractivity contribution in [1.82, 2.24) is 4.90 Å². The third kappa shape index (κ3) is 3.64. The molecule has 1 aromatic carbocycles. The lowest BCUT2D eigenvalue weighted by Gasteiger charge is -2.26. The summed E-state index contributed by atoms with van der Waals surface area (Å²) in [6.45, 7) is 2.66. The van der Waals surface area contributed by atoms with Gasteiger partial charge in [0.1, 0.15) is 5.75 Å². The van der Waals surface area contributed by atoms with Crippen molar-refractivity contribution in [2.45, 2.75) is 19.4 Å². The molecule has 3 nitrogen and oxygen atoms in total. The summed E-state index contributed by atoms with van der Waals surface area (Å²) in [4.78, 5) is 15.7. The maximum atomic E-state index is 11.9. The number of halogens is 1. The lowest BCUT2D eigenvalue weighted by Crippen LogP contribution is -2.32. The fourth-order valence-electron chi connectivity index (χ4n) is 2.45. The van der Waals surface area contributed by atoms with Gasteiger partial charge in [-0.05, 0) is 35.6 Å². The number of rotatable bonds is 4. The van der Waals surface area contributed by atoms with Crippen molar-refractivity contribution in [3.63, 3.8) is 0 Å². The van der Waals surface area contributed by atoms with E-state index in [2.05, 4.69) is 16.3 Å². The number of fused-ring (bicyclic) bond motifs is 1. The minimum atomic E-state index is -0.237. The summed E-state index contributed by atoms with van der Waals surface area (Å²) >= 11 is 7.80. The Balaban J connectivity index is 1.50. The molecule has 2 heterocycles. The van der Waals surface area contributed by atoms with Crippen molar-refractivity contribution in [3.8, 4) is 5.75 Å². The fourth-order valence-corrected chi connectivity index (χ4v) is 3.51. The molecule has 0 unspecified atom stereocenters. The highest BCUT2D eigenvalue weighted by Crippen LogP contribution is 2.25. The Morgan fingerprint density at radius 2 is 2.19 bits per heavy atom. The van der Waals surface area contributed by atoms with E-state index in [1.807, 2.05) is 17.4 Å². The van der Waals surface area contributed by atoms with Gasteiger partial charge in [0, 0.05) is 24.5 Å². The van der Waals surface area contributed by atoms with E-state index in [1.165, 1.54) is 10.4 Å². The van der Waals surface area contributed by atoms with E-state index in [-0.39, 0.29) is 5.97 Å². The van der Waals surface area contributed by atoms with Crippen LogP contribution in [0.3, 0.4) is 0 Å². The molecule has 0 bridgehead atoms. The summed E-state index contributed by atoms with van der Waals surface area (Å²) in [6, 6.07) is 9.21. The Morgan fingerprint density at radius 1 is 1.33 bits per heavy atom. The zero-order valence-electron chi connectivity index (χ0n) is 11.5. The number of para-hydroxylation sites is 1. The van der Waals surface area contributed by atoms with Crippen molar-refractivity contribution in [2.75, 3.05) is 13.1 Å². The van der Waals surface area contributed by atoms with Gasteiger partial charge in [-0.1, -0.05) is 23.7 Å². The van der Waals surface area contributed by atoms with Gasteiger partial charge in [0.2, 0.25) is 0 Å². The zero-order chi connectivity index (χ0) is 14.7. The second-order valence-corrected chi connectivity index (χ2v) is 6.46. The van der Waals surface area contributed by atoms with Crippen LogP contribution in [0.25, 0.3) is 0 Å². The van der Waals surface area contributed by atoms with Crippen LogP contribution in [0.2, 0.25) is 5.02 Å². The molecule has 0 radical (unpaired) electrons. The molecule has 1 aliphatic heterocycles. The van der Waals surface area contributed by atoms with Gasteiger partial charge in [0.15, 0.2) is 0 Å². The van der Waals surface area contributed by atoms with Crippen LogP contribution in [0, 0.1) is 0 Å². The normalized spacial score (nSPS) is 14.7. The third-order valence-electron chi connectivity index (χ3n) is 3.58. The molecule has 5 heteroatoms. The van der Waals surface area contributed by atoms with Gasteiger partial charge in [-0.3, -0.25) is 9.69 Å². The molecule has 0 saturated carbocycles. The molecule has 0 N–H and O–H groups in total. The van der Waals surface area contributed by atoms with E-state index in [9.17, 15) is 4.79 Å². The Hall–Kier alpha value is -1.36. The van der Waals surface area contributed by atoms with E-state index in [4.69, 9.17) is 16.3 Å². The number of carbonyl (C=O) groups excluding carboxylic acids is 1. The number of benzene rings is 1. The second-order valence-electron chi connectivity index (χ2n) is 5.05. The molecule has 0 atom stereocenters. The summed E-state index contributed by atoms with van der Waals surface area (Å²) < 4.78 is 5.30. The monoisotopic (exact) mass is 321 g/mol. The number of nitrogens with zero attached hydrogens (tertiary/aromatic N) is 1. The third-order valence-corrected chi connectivity index (χ3v) is 4.91. The summed E-state index contributed by atoms with van der Waals surface area (Å²) in [7, 11) is 0. The fraction of sp³-hybridized carbons (Fsp3) is 0.312. The Morgan fingerprint density at radius 3 is 3.05 bits per heavy atom. The average molecular weight is 322 g/mol. The number of carbonyl (C=O) groups is 1. The molecule has 0 fully saturated rings. The molecule has 3 rings (SSSR count). The first-order chi connectivity index (χ1) is 10.2. The number of esters is 1. The van der Waals surface area contributed by atoms with Crippen LogP contribution in [0.5, 0.6) is 5.75 Å². The highest BCUT2D eigenvalue weighted by Gasteiger charge is 2.18. The lowest BCUT2D eigenvalue weighted by molar-refractivity contribution is -0.134. The first-order valence-corrected chi connectivity index (χ1v) is 8.21. The molecule has 110 valence electrons. The maximum Gasteiger partial charge on any atom is 0.312 e. The Kier molecular flexibility index (Phi) is 4.58. The van der Waals surface area contributed by atoms with Crippen molar-refractivity contribution in [3.05, 3.63) is 51.2 Å². The molecular weight excluding hydrogens is 306 g/mol. The van der Waals surface area contributed by atoms with Gasteiger partial charge in [-0.15, -0.1) is 11.3 Å². The number of ether oxygens (including phenoxy) is 1. The largest absolute Gasteiger partial charge is 0.425 e.